The summed E-state index contributed by atoms with van der Waals surface area (Å²) in [5.41, 5.74) is 2.16. The van der Waals surface area contributed by atoms with Crippen molar-refractivity contribution in [3.05, 3.63) is 74.9 Å². The summed E-state index contributed by atoms with van der Waals surface area (Å²) in [5.74, 6) is 0.0124. The van der Waals surface area contributed by atoms with E-state index in [1.54, 1.807) is 44.2 Å². The number of carbonyl (C=O) groups excluding carboxylic acids is 2. The molecule has 6 nitrogen and oxygen atoms in total. The van der Waals surface area contributed by atoms with E-state index in [-0.39, 0.29) is 13.2 Å². The predicted molar refractivity (Wildman–Crippen MR) is 111 cm³/mol. The molecule has 0 aromatic heterocycles. The Morgan fingerprint density at radius 3 is 2.66 bits per heavy atom. The highest BCUT2D eigenvalue weighted by atomic mass is 35.5. The van der Waals surface area contributed by atoms with Crippen LogP contribution in [0.25, 0.3) is 0 Å². The average Bonchev–Trinajstić information content (AvgIpc) is 2.67. The number of urea groups is 1. The Morgan fingerprint density at radius 1 is 1.17 bits per heavy atom. The fraction of sp³-hybridized carbons (Fsp3) is 0.238. The highest BCUT2D eigenvalue weighted by Crippen LogP contribution is 2.34. The van der Waals surface area contributed by atoms with Gasteiger partial charge in [-0.3, -0.25) is 0 Å². The van der Waals surface area contributed by atoms with E-state index >= 15 is 0 Å². The Balaban J connectivity index is 1.93. The topological polar surface area (TPSA) is 76.7 Å². The Bertz CT molecular complexity index is 975. The molecule has 0 saturated carbocycles. The number of carbonyl (C=O) groups is 2. The fourth-order valence-corrected chi connectivity index (χ4v) is 3.51. The van der Waals surface area contributed by atoms with Gasteiger partial charge in [0.05, 0.1) is 18.2 Å². The molecular formula is C21H20Cl2N2O4. The van der Waals surface area contributed by atoms with Crippen LogP contribution in [-0.4, -0.2) is 18.6 Å². The van der Waals surface area contributed by atoms with E-state index < -0.39 is 18.0 Å². The van der Waals surface area contributed by atoms with Crippen LogP contribution in [0.5, 0.6) is 5.75 Å². The molecule has 0 spiro atoms. The Labute approximate surface area is 178 Å². The van der Waals surface area contributed by atoms with E-state index in [1.165, 1.54) is 0 Å². The number of allylic oxidation sites excluding steroid dienone is 1. The predicted octanol–water partition coefficient (Wildman–Crippen LogP) is 4.76. The third-order valence-electron chi connectivity index (χ3n) is 4.39. The summed E-state index contributed by atoms with van der Waals surface area (Å²) in [6.07, 6.45) is 0. The lowest BCUT2D eigenvalue weighted by Crippen LogP contribution is -2.45. The van der Waals surface area contributed by atoms with E-state index in [2.05, 4.69) is 10.6 Å². The van der Waals surface area contributed by atoms with Crippen molar-refractivity contribution in [3.8, 4) is 5.75 Å². The van der Waals surface area contributed by atoms with E-state index in [0.29, 0.717) is 32.6 Å². The molecule has 29 heavy (non-hydrogen) atoms. The first-order valence-corrected chi connectivity index (χ1v) is 9.77. The molecule has 1 aliphatic rings. The van der Waals surface area contributed by atoms with Gasteiger partial charge in [-0.05, 0) is 32.0 Å². The molecule has 0 aliphatic carbocycles. The maximum Gasteiger partial charge on any atom is 0.338 e. The molecule has 3 rings (SSSR count). The number of amides is 2. The largest absolute Gasteiger partial charge is 0.488 e. The van der Waals surface area contributed by atoms with Crippen LogP contribution in [0.4, 0.5) is 4.79 Å². The lowest BCUT2D eigenvalue weighted by molar-refractivity contribution is -0.139. The second-order valence-electron chi connectivity index (χ2n) is 6.35. The Kier molecular flexibility index (Phi) is 6.67. The number of benzene rings is 2. The minimum atomic E-state index is -0.709. The van der Waals surface area contributed by atoms with Gasteiger partial charge in [-0.1, -0.05) is 47.5 Å². The third kappa shape index (κ3) is 4.83. The molecule has 0 radical (unpaired) electrons. The van der Waals surface area contributed by atoms with Crippen molar-refractivity contribution in [1.29, 1.82) is 0 Å². The molecule has 2 aromatic carbocycles. The molecule has 0 saturated heterocycles. The second-order valence-corrected chi connectivity index (χ2v) is 7.20. The van der Waals surface area contributed by atoms with E-state index in [9.17, 15) is 9.59 Å². The molecule has 152 valence electrons. The number of para-hydroxylation sites is 1. The number of esters is 1. The number of hydrogen-bond donors (Lipinski definition) is 2. The van der Waals surface area contributed by atoms with Crippen LogP contribution in [0.2, 0.25) is 10.0 Å². The molecular weight excluding hydrogens is 415 g/mol. The molecule has 2 N–H and O–H groups in total. The lowest BCUT2D eigenvalue weighted by atomic mass is 9.95. The number of halogens is 2. The Morgan fingerprint density at radius 2 is 1.93 bits per heavy atom. The monoisotopic (exact) mass is 434 g/mol. The summed E-state index contributed by atoms with van der Waals surface area (Å²) in [6.45, 7) is 3.81. The van der Waals surface area contributed by atoms with Crippen LogP contribution in [0.15, 0.2) is 53.7 Å². The summed E-state index contributed by atoms with van der Waals surface area (Å²) < 4.78 is 11.2. The molecule has 8 heteroatoms. The van der Waals surface area contributed by atoms with Crippen molar-refractivity contribution in [3.63, 3.8) is 0 Å². The minimum absolute atomic E-state index is 0.198. The highest BCUT2D eigenvalue weighted by Gasteiger charge is 2.33. The van der Waals surface area contributed by atoms with Crippen LogP contribution < -0.4 is 15.4 Å². The standard InChI is InChI=1S/C21H20Cl2N2O4/c1-3-28-20(26)18-12(2)24-21(27)25-19(18)15-6-4-5-7-17(15)29-11-13-8-9-14(22)10-16(13)23/h4-10,19H,3,11H2,1-2H3,(H2,24,25,27). The van der Waals surface area contributed by atoms with Gasteiger partial charge in [0, 0.05) is 26.9 Å². The van der Waals surface area contributed by atoms with Gasteiger partial charge in [0.1, 0.15) is 12.4 Å². The van der Waals surface area contributed by atoms with E-state index in [0.717, 1.165) is 5.56 Å². The van der Waals surface area contributed by atoms with Crippen molar-refractivity contribution in [2.75, 3.05) is 6.61 Å². The second kappa shape index (κ2) is 9.20. The fourth-order valence-electron chi connectivity index (χ4n) is 3.05. The van der Waals surface area contributed by atoms with Gasteiger partial charge in [-0.15, -0.1) is 0 Å². The zero-order chi connectivity index (χ0) is 21.0. The highest BCUT2D eigenvalue weighted by molar-refractivity contribution is 6.35. The molecule has 0 fully saturated rings. The quantitative estimate of drug-likeness (QED) is 0.642. The van der Waals surface area contributed by atoms with Crippen LogP contribution in [-0.2, 0) is 16.1 Å². The van der Waals surface area contributed by atoms with Crippen LogP contribution >= 0.6 is 23.2 Å². The first kappa shape index (κ1) is 21.0. The average molecular weight is 435 g/mol. The van der Waals surface area contributed by atoms with Crippen molar-refractivity contribution in [2.24, 2.45) is 0 Å². The number of ether oxygens (including phenoxy) is 2. The summed E-state index contributed by atoms with van der Waals surface area (Å²) >= 11 is 12.2. The molecule has 2 aromatic rings. The normalized spacial score (nSPS) is 16.1. The maximum absolute atomic E-state index is 12.5. The molecule has 1 unspecified atom stereocenters. The summed E-state index contributed by atoms with van der Waals surface area (Å²) in [4.78, 5) is 24.6. The summed E-state index contributed by atoms with van der Waals surface area (Å²) in [6, 6.07) is 11.2. The van der Waals surface area contributed by atoms with Crippen molar-refractivity contribution < 1.29 is 19.1 Å². The first-order chi connectivity index (χ1) is 13.9. The van der Waals surface area contributed by atoms with Gasteiger partial charge in [-0.25, -0.2) is 9.59 Å². The SMILES string of the molecule is CCOC(=O)C1=C(C)NC(=O)NC1c1ccccc1OCc1ccc(Cl)cc1Cl. The van der Waals surface area contributed by atoms with Gasteiger partial charge in [0.25, 0.3) is 0 Å². The smallest absolute Gasteiger partial charge is 0.338 e. The summed E-state index contributed by atoms with van der Waals surface area (Å²) in [7, 11) is 0. The zero-order valence-electron chi connectivity index (χ0n) is 15.9. The number of hydrogen-bond acceptors (Lipinski definition) is 4. The molecule has 1 aliphatic heterocycles. The first-order valence-electron chi connectivity index (χ1n) is 9.01. The zero-order valence-corrected chi connectivity index (χ0v) is 17.4. The molecule has 1 atom stereocenters. The van der Waals surface area contributed by atoms with Crippen molar-refractivity contribution >= 4 is 35.2 Å². The van der Waals surface area contributed by atoms with Gasteiger partial charge >= 0.3 is 12.0 Å². The molecule has 1 heterocycles. The van der Waals surface area contributed by atoms with Crippen LogP contribution in [0.1, 0.15) is 31.0 Å². The number of nitrogens with one attached hydrogen (secondary N) is 2. The van der Waals surface area contributed by atoms with Gasteiger partial charge in [-0.2, -0.15) is 0 Å². The maximum atomic E-state index is 12.5. The molecule has 0 bridgehead atoms. The third-order valence-corrected chi connectivity index (χ3v) is 4.98. The van der Waals surface area contributed by atoms with E-state index in [4.69, 9.17) is 32.7 Å². The van der Waals surface area contributed by atoms with Crippen molar-refractivity contribution in [1.82, 2.24) is 10.6 Å². The number of rotatable bonds is 6. The summed E-state index contributed by atoms with van der Waals surface area (Å²) in [5, 5.41) is 6.43. The molecule has 2 amide bonds. The van der Waals surface area contributed by atoms with Gasteiger partial charge in [0.15, 0.2) is 0 Å². The van der Waals surface area contributed by atoms with E-state index in [1.807, 2.05) is 12.1 Å². The van der Waals surface area contributed by atoms with Gasteiger partial charge in [0.2, 0.25) is 0 Å². The van der Waals surface area contributed by atoms with Gasteiger partial charge < -0.3 is 20.1 Å². The van der Waals surface area contributed by atoms with Crippen LogP contribution in [0, 0.1) is 0 Å². The lowest BCUT2D eigenvalue weighted by Gasteiger charge is -2.29. The Hall–Kier alpha value is -2.70. The van der Waals surface area contributed by atoms with Crippen molar-refractivity contribution in [2.45, 2.75) is 26.5 Å². The minimum Gasteiger partial charge on any atom is -0.488 e. The van der Waals surface area contributed by atoms with Crippen LogP contribution in [0.3, 0.4) is 0 Å².